The smallest absolute Gasteiger partial charge is 0.0912 e. The Bertz CT molecular complexity index is 629. The molecule has 0 aliphatic carbocycles. The second-order valence-electron chi connectivity index (χ2n) is 6.46. The van der Waals surface area contributed by atoms with Gasteiger partial charge in [0.15, 0.2) is 0 Å². The van der Waals surface area contributed by atoms with Crippen LogP contribution in [0.1, 0.15) is 36.0 Å². The van der Waals surface area contributed by atoms with Crippen LogP contribution in [-0.4, -0.2) is 28.2 Å². The lowest BCUT2D eigenvalue weighted by molar-refractivity contribution is 0.0191. The van der Waals surface area contributed by atoms with Crippen LogP contribution >= 0.6 is 0 Å². The molecule has 3 heteroatoms. The summed E-state index contributed by atoms with van der Waals surface area (Å²) in [6.45, 7) is 2.77. The summed E-state index contributed by atoms with van der Waals surface area (Å²) >= 11 is 0. The van der Waals surface area contributed by atoms with Gasteiger partial charge >= 0.3 is 0 Å². The first-order valence-electron chi connectivity index (χ1n) is 8.39. The van der Waals surface area contributed by atoms with E-state index in [1.807, 2.05) is 30.3 Å². The van der Waals surface area contributed by atoms with Gasteiger partial charge < -0.3 is 10.2 Å². The zero-order valence-corrected chi connectivity index (χ0v) is 13.5. The predicted molar refractivity (Wildman–Crippen MR) is 91.8 cm³/mol. The van der Waals surface area contributed by atoms with Crippen LogP contribution in [-0.2, 0) is 18.8 Å². The molecule has 1 saturated heterocycles. The Morgan fingerprint density at radius 1 is 0.913 bits per heavy atom. The lowest BCUT2D eigenvalue weighted by atomic mass is 9.84. The summed E-state index contributed by atoms with van der Waals surface area (Å²) in [5.41, 5.74) is 2.22. The summed E-state index contributed by atoms with van der Waals surface area (Å²) in [5, 5.41) is 20.7. The van der Waals surface area contributed by atoms with E-state index in [0.29, 0.717) is 6.42 Å². The molecule has 3 nitrogen and oxygen atoms in total. The van der Waals surface area contributed by atoms with Gasteiger partial charge in [-0.2, -0.15) is 0 Å². The van der Waals surface area contributed by atoms with Gasteiger partial charge in [0.1, 0.15) is 0 Å². The summed E-state index contributed by atoms with van der Waals surface area (Å²) in [4.78, 5) is 2.41. The summed E-state index contributed by atoms with van der Waals surface area (Å²) in [6, 6.07) is 18.2. The molecule has 1 atom stereocenters. The Morgan fingerprint density at radius 2 is 1.65 bits per heavy atom. The Labute approximate surface area is 138 Å². The number of hydrogen-bond acceptors (Lipinski definition) is 3. The van der Waals surface area contributed by atoms with Crippen molar-refractivity contribution in [2.75, 3.05) is 13.1 Å². The van der Waals surface area contributed by atoms with Crippen molar-refractivity contribution in [3.8, 4) is 0 Å². The van der Waals surface area contributed by atoms with E-state index in [4.69, 9.17) is 0 Å². The number of aliphatic hydroxyl groups is 2. The van der Waals surface area contributed by atoms with Gasteiger partial charge in [-0.1, -0.05) is 54.6 Å². The molecule has 0 aromatic heterocycles. The maximum Gasteiger partial charge on any atom is 0.0912 e. The lowest BCUT2D eigenvalue weighted by Crippen LogP contribution is -2.30. The van der Waals surface area contributed by atoms with E-state index in [-0.39, 0.29) is 6.61 Å². The van der Waals surface area contributed by atoms with Gasteiger partial charge in [0.05, 0.1) is 12.2 Å². The molecule has 0 amide bonds. The maximum absolute atomic E-state index is 11.2. The first-order valence-corrected chi connectivity index (χ1v) is 8.39. The minimum Gasteiger partial charge on any atom is -0.392 e. The van der Waals surface area contributed by atoms with Crippen molar-refractivity contribution < 1.29 is 10.2 Å². The first-order chi connectivity index (χ1) is 11.2. The van der Waals surface area contributed by atoms with Crippen molar-refractivity contribution in [2.45, 2.75) is 38.0 Å². The van der Waals surface area contributed by atoms with Crippen LogP contribution in [0.4, 0.5) is 0 Å². The highest BCUT2D eigenvalue weighted by Crippen LogP contribution is 2.35. The quantitative estimate of drug-likeness (QED) is 0.912. The van der Waals surface area contributed by atoms with Gasteiger partial charge in [-0.15, -0.1) is 0 Å². The third-order valence-corrected chi connectivity index (χ3v) is 4.84. The van der Waals surface area contributed by atoms with Crippen molar-refractivity contribution in [1.29, 1.82) is 0 Å². The van der Waals surface area contributed by atoms with Gasteiger partial charge in [0.25, 0.3) is 0 Å². The largest absolute Gasteiger partial charge is 0.392 e. The average Bonchev–Trinajstić information content (AvgIpc) is 2.78. The third-order valence-electron chi connectivity index (χ3n) is 4.84. The molecule has 2 N–H and O–H groups in total. The van der Waals surface area contributed by atoms with Crippen LogP contribution in [0.2, 0.25) is 0 Å². The van der Waals surface area contributed by atoms with Crippen LogP contribution in [0.25, 0.3) is 0 Å². The molecule has 0 bridgehead atoms. The summed E-state index contributed by atoms with van der Waals surface area (Å²) in [6.07, 6.45) is 2.41. The Balaban J connectivity index is 1.72. The number of rotatable bonds is 4. The normalized spacial score (nSPS) is 22.7. The van der Waals surface area contributed by atoms with Gasteiger partial charge in [-0.05, 0) is 42.5 Å². The topological polar surface area (TPSA) is 43.7 Å². The van der Waals surface area contributed by atoms with Gasteiger partial charge in [0.2, 0.25) is 0 Å². The number of likely N-dealkylation sites (tertiary alicyclic amines) is 1. The van der Waals surface area contributed by atoms with E-state index in [0.717, 1.165) is 43.6 Å². The predicted octanol–water partition coefficient (Wildman–Crippen LogP) is 3.05. The number of benzene rings is 2. The lowest BCUT2D eigenvalue weighted by Gasteiger charge is -2.29. The van der Waals surface area contributed by atoms with E-state index >= 15 is 0 Å². The fourth-order valence-corrected chi connectivity index (χ4v) is 3.56. The molecule has 23 heavy (non-hydrogen) atoms. The van der Waals surface area contributed by atoms with Crippen LogP contribution < -0.4 is 0 Å². The maximum atomic E-state index is 11.2. The third kappa shape index (κ3) is 3.81. The summed E-state index contributed by atoms with van der Waals surface area (Å²) < 4.78 is 0. The molecule has 2 aromatic carbocycles. The molecule has 1 aliphatic rings. The Hall–Kier alpha value is -1.68. The zero-order valence-electron chi connectivity index (χ0n) is 13.5. The van der Waals surface area contributed by atoms with Crippen LogP contribution in [0.5, 0.6) is 0 Å². The Morgan fingerprint density at radius 3 is 2.43 bits per heavy atom. The molecule has 2 aromatic rings. The molecule has 0 unspecified atom stereocenters. The SMILES string of the molecule is OCc1ccccc1[C@]1(O)CCCN(Cc2ccccc2)CC1. The first kappa shape index (κ1) is 16.2. The highest BCUT2D eigenvalue weighted by molar-refractivity contribution is 5.32. The molecule has 122 valence electrons. The molecule has 0 radical (unpaired) electrons. The number of hydrogen-bond donors (Lipinski definition) is 2. The second kappa shape index (κ2) is 7.26. The molecule has 1 aliphatic heterocycles. The standard InChI is InChI=1S/C20H25NO2/c22-16-18-9-4-5-10-19(18)20(23)11-6-13-21(14-12-20)15-17-7-2-1-3-8-17/h1-5,7-10,22-23H,6,11-16H2/t20-/m0/s1. The van der Waals surface area contributed by atoms with Crippen LogP contribution in [0.15, 0.2) is 54.6 Å². The molecule has 0 saturated carbocycles. The molecular formula is C20H25NO2. The van der Waals surface area contributed by atoms with Crippen molar-refractivity contribution in [2.24, 2.45) is 0 Å². The Kier molecular flexibility index (Phi) is 5.11. The van der Waals surface area contributed by atoms with Gasteiger partial charge in [-0.3, -0.25) is 4.90 Å². The van der Waals surface area contributed by atoms with Gasteiger partial charge in [0, 0.05) is 13.1 Å². The van der Waals surface area contributed by atoms with Gasteiger partial charge in [-0.25, -0.2) is 0 Å². The van der Waals surface area contributed by atoms with E-state index in [1.54, 1.807) is 0 Å². The van der Waals surface area contributed by atoms with Crippen molar-refractivity contribution in [3.63, 3.8) is 0 Å². The minimum atomic E-state index is -0.829. The molecule has 3 rings (SSSR count). The highest BCUT2D eigenvalue weighted by atomic mass is 16.3. The molecular weight excluding hydrogens is 286 g/mol. The van der Waals surface area contributed by atoms with Crippen molar-refractivity contribution >= 4 is 0 Å². The van der Waals surface area contributed by atoms with Crippen molar-refractivity contribution in [1.82, 2.24) is 4.90 Å². The summed E-state index contributed by atoms with van der Waals surface area (Å²) in [7, 11) is 0. The van der Waals surface area contributed by atoms with E-state index in [1.165, 1.54) is 5.56 Å². The fourth-order valence-electron chi connectivity index (χ4n) is 3.56. The van der Waals surface area contributed by atoms with Crippen LogP contribution in [0.3, 0.4) is 0 Å². The second-order valence-corrected chi connectivity index (χ2v) is 6.46. The monoisotopic (exact) mass is 311 g/mol. The van der Waals surface area contributed by atoms with E-state index in [2.05, 4.69) is 29.2 Å². The summed E-state index contributed by atoms with van der Waals surface area (Å²) in [5.74, 6) is 0. The average molecular weight is 311 g/mol. The van der Waals surface area contributed by atoms with Crippen LogP contribution in [0, 0.1) is 0 Å². The number of aliphatic hydroxyl groups excluding tert-OH is 1. The highest BCUT2D eigenvalue weighted by Gasteiger charge is 2.33. The minimum absolute atomic E-state index is 0.0216. The fraction of sp³-hybridized carbons (Fsp3) is 0.400. The van der Waals surface area contributed by atoms with E-state index in [9.17, 15) is 10.2 Å². The number of nitrogens with zero attached hydrogens (tertiary/aromatic N) is 1. The van der Waals surface area contributed by atoms with E-state index < -0.39 is 5.60 Å². The molecule has 1 fully saturated rings. The molecule has 0 spiro atoms. The zero-order chi connectivity index (χ0) is 16.1. The molecule has 1 heterocycles. The van der Waals surface area contributed by atoms with Crippen molar-refractivity contribution in [3.05, 3.63) is 71.3 Å².